The zero-order valence-corrected chi connectivity index (χ0v) is 80.3. The second-order valence-electron chi connectivity index (χ2n) is 33.2. The molecule has 0 fully saturated rings. The van der Waals surface area contributed by atoms with Crippen molar-refractivity contribution >= 4 is 95.5 Å². The quantitative estimate of drug-likeness (QED) is 0.0310. The van der Waals surface area contributed by atoms with Gasteiger partial charge in [0.05, 0.1) is 106 Å². The second-order valence-corrected chi connectivity index (χ2v) is 33.2. The van der Waals surface area contributed by atoms with E-state index >= 15 is 0 Å². The first kappa shape index (κ1) is 123. The Kier molecular flexibility index (Phi) is 88.6. The fourth-order valence-corrected chi connectivity index (χ4v) is 13.1. The molecule has 0 unspecified atom stereocenters. The molecule has 0 atom stereocenters. The van der Waals surface area contributed by atoms with E-state index in [0.717, 1.165) is 64.2 Å². The number of unbranched alkanes of at least 4 members (excludes halogenated alkanes) is 34. The average Bonchev–Trinajstić information content (AvgIpc) is 0.956. The van der Waals surface area contributed by atoms with E-state index in [4.69, 9.17) is 71.1 Å². The molecule has 0 rings (SSSR count). The molecule has 0 aromatic carbocycles. The summed E-state index contributed by atoms with van der Waals surface area (Å²) in [5.74, 6) is -4.33. The van der Waals surface area contributed by atoms with E-state index in [1.54, 1.807) is 0 Å². The smallest absolute Gasteiger partial charge is 0.305 e. The third kappa shape index (κ3) is 94.5. The van der Waals surface area contributed by atoms with Gasteiger partial charge in [-0.2, -0.15) is 0 Å². The molecule has 32 heteroatoms. The Morgan fingerprint density at radius 1 is 0.115 bits per heavy atom. The number of esters is 16. The Bertz CT molecular complexity index is 2840. The van der Waals surface area contributed by atoms with E-state index in [0.29, 0.717) is 309 Å². The number of hydrogen-bond acceptors (Lipinski definition) is 32. The molecule has 0 aliphatic heterocycles. The maximum atomic E-state index is 12.2. The van der Waals surface area contributed by atoms with Crippen molar-refractivity contribution in [1.29, 1.82) is 0 Å². The van der Waals surface area contributed by atoms with Gasteiger partial charge in [-0.15, -0.1) is 0 Å². The summed E-state index contributed by atoms with van der Waals surface area (Å²) in [6.07, 6.45) is 40.3. The molecule has 0 aliphatic rings. The molecule has 0 saturated carbocycles. The topological polar surface area (TPSA) is 421 Å². The minimum atomic E-state index is -0.295. The molecule has 756 valence electrons. The van der Waals surface area contributed by atoms with E-state index in [2.05, 4.69) is 11.7 Å². The van der Waals surface area contributed by atoms with Crippen LogP contribution in [0.25, 0.3) is 0 Å². The van der Waals surface area contributed by atoms with E-state index in [1.807, 2.05) is 0 Å². The Morgan fingerprint density at radius 2 is 0.198 bits per heavy atom. The van der Waals surface area contributed by atoms with Gasteiger partial charge in [0.2, 0.25) is 0 Å². The highest BCUT2D eigenvalue weighted by atomic mass is 16.6. The van der Waals surface area contributed by atoms with Gasteiger partial charge in [-0.3, -0.25) is 76.7 Å². The van der Waals surface area contributed by atoms with Gasteiger partial charge in [-0.1, -0.05) is 32.6 Å². The Labute approximate surface area is 781 Å². The minimum absolute atomic E-state index is 0.148. The first-order valence-electron chi connectivity index (χ1n) is 50.1. The predicted octanol–water partition coefficient (Wildman–Crippen LogP) is 19.1. The second kappa shape index (κ2) is 94.7. The maximum absolute atomic E-state index is 12.2. The highest BCUT2D eigenvalue weighted by Crippen LogP contribution is 2.17. The molecule has 0 aromatic heterocycles. The monoisotopic (exact) mass is 1870 g/mol. The minimum Gasteiger partial charge on any atom is -0.469 e. The lowest BCUT2D eigenvalue weighted by Gasteiger charge is -2.07. The van der Waals surface area contributed by atoms with Gasteiger partial charge in [0, 0.05) is 103 Å². The highest BCUT2D eigenvalue weighted by molar-refractivity contribution is 5.74. The first-order valence-corrected chi connectivity index (χ1v) is 50.1. The standard InChI is InChI=1S/C99H168O32/c1-3-4-5-6-22-54-85(101)117-70-39-8-24-56-87(103)119-72-41-10-26-58-89(105)121-74-43-12-28-60-91(107)123-76-45-14-30-62-93(109)125-78-47-16-32-64-95(111)127-80-49-18-34-66-97(113)129-82-51-20-36-68-99(115)131-83-52-21-37-67-98(114)130-81-50-19-35-65-96(112)128-79-48-17-33-63-94(110)126-77-46-15-31-61-92(108)124-75-44-13-29-59-90(106)122-73-42-11-27-57-88(104)120-71-40-9-25-55-86(102)118-69-38-7-23-53-84(100)116-2/h3-83H2,1-2H3. The van der Waals surface area contributed by atoms with Crippen molar-refractivity contribution in [3.63, 3.8) is 0 Å². The average molecular weight is 1870 g/mol. The Morgan fingerprint density at radius 3 is 0.290 bits per heavy atom. The van der Waals surface area contributed by atoms with Crippen LogP contribution in [-0.2, 0) is 153 Å². The molecule has 0 aromatic rings. The number of hydrogen-bond donors (Lipinski definition) is 0. The van der Waals surface area contributed by atoms with Crippen LogP contribution < -0.4 is 0 Å². The van der Waals surface area contributed by atoms with Crippen LogP contribution in [-0.4, -0.2) is 202 Å². The van der Waals surface area contributed by atoms with Crippen LogP contribution in [0.1, 0.15) is 431 Å². The van der Waals surface area contributed by atoms with Gasteiger partial charge in [0.25, 0.3) is 0 Å². The maximum Gasteiger partial charge on any atom is 0.305 e. The third-order valence-corrected chi connectivity index (χ3v) is 21.0. The van der Waals surface area contributed by atoms with Crippen LogP contribution in [0.5, 0.6) is 0 Å². The summed E-state index contributed by atoms with van der Waals surface area (Å²) in [5.41, 5.74) is 0. The van der Waals surface area contributed by atoms with Crippen molar-refractivity contribution in [2.24, 2.45) is 0 Å². The van der Waals surface area contributed by atoms with Gasteiger partial charge < -0.3 is 75.8 Å². The van der Waals surface area contributed by atoms with E-state index < -0.39 is 0 Å². The van der Waals surface area contributed by atoms with Crippen molar-refractivity contribution in [2.45, 2.75) is 431 Å². The van der Waals surface area contributed by atoms with E-state index in [1.165, 1.54) is 20.0 Å². The Hall–Kier alpha value is -8.48. The van der Waals surface area contributed by atoms with Crippen molar-refractivity contribution in [1.82, 2.24) is 0 Å². The number of carbonyl (C=O) groups is 16. The lowest BCUT2D eigenvalue weighted by Crippen LogP contribution is -2.09. The zero-order valence-electron chi connectivity index (χ0n) is 80.3. The van der Waals surface area contributed by atoms with Gasteiger partial charge in [0.15, 0.2) is 0 Å². The number of ether oxygens (including phenoxy) is 16. The van der Waals surface area contributed by atoms with Crippen LogP contribution in [0.4, 0.5) is 0 Å². The molecule has 32 nitrogen and oxygen atoms in total. The lowest BCUT2D eigenvalue weighted by atomic mass is 10.1. The predicted molar refractivity (Wildman–Crippen MR) is 487 cm³/mol. The van der Waals surface area contributed by atoms with Gasteiger partial charge >= 0.3 is 95.5 Å². The first-order chi connectivity index (χ1) is 63.7. The summed E-state index contributed by atoms with van der Waals surface area (Å²) in [7, 11) is 1.36. The SMILES string of the molecule is CCCCCCCC(=O)OCCCCCC(=O)OCCCCCC(=O)OCCCCCC(=O)OCCCCCC(=O)OCCCCCC(=O)OCCCCCC(=O)OCCCCCC(=O)OCCCCCC(=O)OCCCCCC(=O)OCCCCCC(=O)OCCCCCC(=O)OCCCCCC(=O)OCCCCCC(=O)OCCCCCC(=O)OCCCCCC(=O)OC. The van der Waals surface area contributed by atoms with E-state index in [-0.39, 0.29) is 232 Å². The van der Waals surface area contributed by atoms with Crippen molar-refractivity contribution in [3.05, 3.63) is 0 Å². The van der Waals surface area contributed by atoms with Crippen LogP contribution >= 0.6 is 0 Å². The molecular weight excluding hydrogens is 1700 g/mol. The Balaban J connectivity index is 3.54. The van der Waals surface area contributed by atoms with Crippen LogP contribution in [0.3, 0.4) is 0 Å². The molecule has 0 radical (unpaired) electrons. The molecule has 0 aliphatic carbocycles. The summed E-state index contributed by atoms with van der Waals surface area (Å²) >= 11 is 0. The third-order valence-electron chi connectivity index (χ3n) is 21.0. The summed E-state index contributed by atoms with van der Waals surface area (Å²) < 4.78 is 84.1. The van der Waals surface area contributed by atoms with Gasteiger partial charge in [-0.05, 0) is 295 Å². The molecule has 0 bridgehead atoms. The van der Waals surface area contributed by atoms with Crippen molar-refractivity contribution < 1.29 is 153 Å². The normalized spacial score (nSPS) is 10.9. The highest BCUT2D eigenvalue weighted by Gasteiger charge is 2.16. The summed E-state index contributed by atoms with van der Waals surface area (Å²) in [5, 5.41) is 0. The molecular formula is C99H168O32. The van der Waals surface area contributed by atoms with Crippen LogP contribution in [0.15, 0.2) is 0 Å². The molecule has 0 N–H and O–H groups in total. The van der Waals surface area contributed by atoms with E-state index in [9.17, 15) is 76.7 Å². The van der Waals surface area contributed by atoms with Crippen LogP contribution in [0.2, 0.25) is 0 Å². The van der Waals surface area contributed by atoms with Gasteiger partial charge in [-0.25, -0.2) is 0 Å². The molecule has 0 heterocycles. The summed E-state index contributed by atoms with van der Waals surface area (Å²) in [6, 6.07) is 0. The van der Waals surface area contributed by atoms with Gasteiger partial charge in [0.1, 0.15) is 0 Å². The number of rotatable bonds is 96. The molecule has 131 heavy (non-hydrogen) atoms. The fraction of sp³-hybridized carbons (Fsp3) is 0.838. The number of methoxy groups -OCH3 is 1. The summed E-state index contributed by atoms with van der Waals surface area (Å²) in [4.78, 5) is 192. The lowest BCUT2D eigenvalue weighted by molar-refractivity contribution is -0.146. The molecule has 0 spiro atoms. The van der Waals surface area contributed by atoms with Crippen LogP contribution in [0, 0.1) is 0 Å². The largest absolute Gasteiger partial charge is 0.469 e. The summed E-state index contributed by atoms with van der Waals surface area (Å²) in [6.45, 7) is 6.52. The molecule has 0 amide bonds. The number of carbonyl (C=O) groups excluding carboxylic acids is 16. The zero-order chi connectivity index (χ0) is 95.8. The molecule has 0 saturated heterocycles. The van der Waals surface area contributed by atoms with Crippen molar-refractivity contribution in [3.8, 4) is 0 Å². The fourth-order valence-electron chi connectivity index (χ4n) is 13.1. The van der Waals surface area contributed by atoms with Crippen molar-refractivity contribution in [2.75, 3.05) is 106 Å².